The van der Waals surface area contributed by atoms with Crippen molar-refractivity contribution >= 4 is 23.4 Å². The molecule has 1 aliphatic carbocycles. The summed E-state index contributed by atoms with van der Waals surface area (Å²) in [5.41, 5.74) is 0.878. The molecule has 1 aromatic carbocycles. The second-order valence-electron chi connectivity index (χ2n) is 6.43. The number of hydrogen-bond acceptors (Lipinski definition) is 4. The summed E-state index contributed by atoms with van der Waals surface area (Å²) in [5.74, 6) is -0.851. The summed E-state index contributed by atoms with van der Waals surface area (Å²) >= 11 is 0. The fraction of sp³-hybridized carbons (Fsp3) is 0.444. The fourth-order valence-electron chi connectivity index (χ4n) is 3.15. The standard InChI is InChI=1S/C18H20N4O3/c1-12(23)21-6-8-22(9-7-21)18(25)15-10-14(15)17(24)20-16-5-3-2-4-13(16)11-19/h2-5,14-15H,6-10H2,1H3,(H,20,24). The Kier molecular flexibility index (Phi) is 4.70. The van der Waals surface area contributed by atoms with Crippen molar-refractivity contribution in [1.82, 2.24) is 9.80 Å². The summed E-state index contributed by atoms with van der Waals surface area (Å²) in [6.45, 7) is 3.64. The van der Waals surface area contributed by atoms with Crippen LogP contribution in [0.1, 0.15) is 18.9 Å². The Morgan fingerprint density at radius 1 is 1.08 bits per heavy atom. The van der Waals surface area contributed by atoms with Crippen LogP contribution in [0, 0.1) is 23.2 Å². The number of para-hydroxylation sites is 1. The maximum atomic E-state index is 12.5. The summed E-state index contributed by atoms with van der Waals surface area (Å²) in [6.07, 6.45) is 0.534. The zero-order valence-corrected chi connectivity index (χ0v) is 14.1. The molecule has 7 heteroatoms. The lowest BCUT2D eigenvalue weighted by Crippen LogP contribution is -2.50. The molecule has 1 saturated heterocycles. The molecule has 2 atom stereocenters. The highest BCUT2D eigenvalue weighted by Crippen LogP contribution is 2.41. The van der Waals surface area contributed by atoms with Gasteiger partial charge < -0.3 is 15.1 Å². The number of anilines is 1. The van der Waals surface area contributed by atoms with Crippen LogP contribution in [-0.2, 0) is 14.4 Å². The van der Waals surface area contributed by atoms with Crippen LogP contribution in [-0.4, -0.2) is 53.7 Å². The second kappa shape index (κ2) is 6.93. The van der Waals surface area contributed by atoms with Gasteiger partial charge in [-0.25, -0.2) is 0 Å². The first-order valence-corrected chi connectivity index (χ1v) is 8.35. The molecule has 25 heavy (non-hydrogen) atoms. The van der Waals surface area contributed by atoms with Gasteiger partial charge in [0, 0.05) is 33.1 Å². The van der Waals surface area contributed by atoms with Crippen molar-refractivity contribution in [3.8, 4) is 6.07 Å². The monoisotopic (exact) mass is 340 g/mol. The summed E-state index contributed by atoms with van der Waals surface area (Å²) in [5, 5.41) is 11.8. The molecule has 3 amide bonds. The Balaban J connectivity index is 1.54. The van der Waals surface area contributed by atoms with Gasteiger partial charge in [0.25, 0.3) is 0 Å². The van der Waals surface area contributed by atoms with E-state index in [1.807, 2.05) is 6.07 Å². The lowest BCUT2D eigenvalue weighted by atomic mass is 10.2. The number of carbonyl (C=O) groups is 3. The first kappa shape index (κ1) is 17.0. The smallest absolute Gasteiger partial charge is 0.228 e. The number of amides is 3. The van der Waals surface area contributed by atoms with Gasteiger partial charge >= 0.3 is 0 Å². The number of nitriles is 1. The molecule has 0 spiro atoms. The van der Waals surface area contributed by atoms with Crippen molar-refractivity contribution in [3.05, 3.63) is 29.8 Å². The van der Waals surface area contributed by atoms with Crippen LogP contribution >= 0.6 is 0 Å². The van der Waals surface area contributed by atoms with Crippen LogP contribution in [0.3, 0.4) is 0 Å². The van der Waals surface area contributed by atoms with Gasteiger partial charge in [0.2, 0.25) is 17.7 Å². The molecule has 2 fully saturated rings. The van der Waals surface area contributed by atoms with Gasteiger partial charge in [0.1, 0.15) is 6.07 Å². The Labute approximate surface area is 146 Å². The molecule has 130 valence electrons. The topological polar surface area (TPSA) is 93.5 Å². The Morgan fingerprint density at radius 2 is 1.72 bits per heavy atom. The van der Waals surface area contributed by atoms with E-state index in [4.69, 9.17) is 5.26 Å². The van der Waals surface area contributed by atoms with E-state index in [9.17, 15) is 14.4 Å². The molecule has 0 aromatic heterocycles. The van der Waals surface area contributed by atoms with E-state index < -0.39 is 0 Å². The highest BCUT2D eigenvalue weighted by Gasteiger charge is 2.49. The van der Waals surface area contributed by atoms with Gasteiger partial charge in [0.15, 0.2) is 0 Å². The van der Waals surface area contributed by atoms with E-state index in [2.05, 4.69) is 5.32 Å². The van der Waals surface area contributed by atoms with Crippen LogP contribution in [0.25, 0.3) is 0 Å². The average molecular weight is 340 g/mol. The van der Waals surface area contributed by atoms with Crippen molar-refractivity contribution in [2.45, 2.75) is 13.3 Å². The number of hydrogen-bond donors (Lipinski definition) is 1. The van der Waals surface area contributed by atoms with Crippen molar-refractivity contribution in [1.29, 1.82) is 5.26 Å². The number of rotatable bonds is 3. The molecule has 2 aliphatic rings. The van der Waals surface area contributed by atoms with Gasteiger partial charge in [-0.3, -0.25) is 14.4 Å². The number of piperazine rings is 1. The largest absolute Gasteiger partial charge is 0.339 e. The molecule has 2 unspecified atom stereocenters. The summed E-state index contributed by atoms with van der Waals surface area (Å²) in [7, 11) is 0. The molecule has 1 N–H and O–H groups in total. The van der Waals surface area contributed by atoms with Crippen LogP contribution < -0.4 is 5.32 Å². The lowest BCUT2D eigenvalue weighted by molar-refractivity contribution is -0.139. The van der Waals surface area contributed by atoms with Gasteiger partial charge in [0.05, 0.1) is 23.1 Å². The van der Waals surface area contributed by atoms with Gasteiger partial charge in [-0.15, -0.1) is 0 Å². The molecule has 1 saturated carbocycles. The Hall–Kier alpha value is -2.88. The summed E-state index contributed by atoms with van der Waals surface area (Å²) in [4.78, 5) is 39.6. The molecule has 3 rings (SSSR count). The van der Waals surface area contributed by atoms with Crippen molar-refractivity contribution in [2.75, 3.05) is 31.5 Å². The molecule has 1 aliphatic heterocycles. The number of nitrogens with zero attached hydrogens (tertiary/aromatic N) is 3. The molecule has 7 nitrogen and oxygen atoms in total. The minimum Gasteiger partial charge on any atom is -0.339 e. The normalized spacial score (nSPS) is 22.1. The van der Waals surface area contributed by atoms with E-state index in [-0.39, 0.29) is 29.6 Å². The number of benzene rings is 1. The number of nitrogens with one attached hydrogen (secondary N) is 1. The first-order valence-electron chi connectivity index (χ1n) is 8.35. The molecule has 0 bridgehead atoms. The molecule has 1 aromatic rings. The maximum absolute atomic E-state index is 12.5. The maximum Gasteiger partial charge on any atom is 0.228 e. The molecular weight excluding hydrogens is 320 g/mol. The second-order valence-corrected chi connectivity index (χ2v) is 6.43. The Bertz CT molecular complexity index is 747. The SMILES string of the molecule is CC(=O)N1CCN(C(=O)C2CC2C(=O)Nc2ccccc2C#N)CC1. The minimum absolute atomic E-state index is 0.0167. The minimum atomic E-state index is -0.343. The quantitative estimate of drug-likeness (QED) is 0.882. The third-order valence-corrected chi connectivity index (χ3v) is 4.79. The summed E-state index contributed by atoms with van der Waals surface area (Å²) in [6, 6.07) is 8.84. The van der Waals surface area contributed by atoms with Crippen molar-refractivity contribution in [3.63, 3.8) is 0 Å². The average Bonchev–Trinajstić information content (AvgIpc) is 3.42. The van der Waals surface area contributed by atoms with Crippen LogP contribution in [0.15, 0.2) is 24.3 Å². The third kappa shape index (κ3) is 3.63. The van der Waals surface area contributed by atoms with Gasteiger partial charge in [-0.1, -0.05) is 12.1 Å². The third-order valence-electron chi connectivity index (χ3n) is 4.79. The van der Waals surface area contributed by atoms with E-state index in [0.717, 1.165) is 0 Å². The van der Waals surface area contributed by atoms with Crippen molar-refractivity contribution in [2.24, 2.45) is 11.8 Å². The van der Waals surface area contributed by atoms with E-state index in [1.54, 1.807) is 34.1 Å². The van der Waals surface area contributed by atoms with Gasteiger partial charge in [-0.2, -0.15) is 5.26 Å². The van der Waals surface area contributed by atoms with Crippen LogP contribution in [0.5, 0.6) is 0 Å². The van der Waals surface area contributed by atoms with E-state index in [0.29, 0.717) is 43.9 Å². The predicted octanol–water partition coefficient (Wildman–Crippen LogP) is 0.824. The van der Waals surface area contributed by atoms with E-state index >= 15 is 0 Å². The summed E-state index contributed by atoms with van der Waals surface area (Å²) < 4.78 is 0. The highest BCUT2D eigenvalue weighted by atomic mass is 16.2. The van der Waals surface area contributed by atoms with Crippen LogP contribution in [0.2, 0.25) is 0 Å². The zero-order chi connectivity index (χ0) is 18.0. The lowest BCUT2D eigenvalue weighted by Gasteiger charge is -2.34. The first-order chi connectivity index (χ1) is 12.0. The van der Waals surface area contributed by atoms with E-state index in [1.165, 1.54) is 6.92 Å². The predicted molar refractivity (Wildman–Crippen MR) is 90.2 cm³/mol. The number of carbonyl (C=O) groups excluding carboxylic acids is 3. The molecular formula is C18H20N4O3. The van der Waals surface area contributed by atoms with Crippen molar-refractivity contribution < 1.29 is 14.4 Å². The fourth-order valence-corrected chi connectivity index (χ4v) is 3.15. The highest BCUT2D eigenvalue weighted by molar-refractivity contribution is 6.00. The molecule has 1 heterocycles. The Morgan fingerprint density at radius 3 is 2.36 bits per heavy atom. The molecule has 0 radical (unpaired) electrons. The zero-order valence-electron chi connectivity index (χ0n) is 14.1. The van der Waals surface area contributed by atoms with Crippen LogP contribution in [0.4, 0.5) is 5.69 Å². The van der Waals surface area contributed by atoms with Gasteiger partial charge in [-0.05, 0) is 18.6 Å².